The highest BCUT2D eigenvalue weighted by Gasteiger charge is 2.49. The number of anilines is 1. The minimum atomic E-state index is -0.599. The standard InChI is InChI=1S/C23H28N4O5S/c1-13(28)12-30-17-6-5-16(20-24-7-8-33-20)19-18(17)25-21(31-19)26-10-14-9-15(11-26)27(14)22(29)32-23(2,3)4/h5-8,13-15,28H,9-12H2,1-4H3/t13-,14?,15?/m0/s1. The number of hydrogen-bond donors (Lipinski definition) is 1. The first kappa shape index (κ1) is 22.0. The number of benzene rings is 1. The van der Waals surface area contributed by atoms with Gasteiger partial charge in [0.25, 0.3) is 6.01 Å². The molecular formula is C23H28N4O5S. The van der Waals surface area contributed by atoms with Gasteiger partial charge in [0, 0.05) is 24.7 Å². The van der Waals surface area contributed by atoms with Crippen LogP contribution in [0.5, 0.6) is 5.75 Å². The molecule has 0 spiro atoms. The molecule has 1 amide bonds. The number of oxazole rings is 1. The zero-order chi connectivity index (χ0) is 23.3. The van der Waals surface area contributed by atoms with Gasteiger partial charge in [0.1, 0.15) is 23.0 Å². The van der Waals surface area contributed by atoms with Gasteiger partial charge < -0.3 is 23.9 Å². The summed E-state index contributed by atoms with van der Waals surface area (Å²) in [7, 11) is 0. The molecule has 0 radical (unpaired) electrons. The average Bonchev–Trinajstić information content (AvgIpc) is 3.41. The van der Waals surface area contributed by atoms with Crippen molar-refractivity contribution in [3.8, 4) is 16.3 Å². The van der Waals surface area contributed by atoms with Crippen LogP contribution in [0.4, 0.5) is 10.8 Å². The number of nitrogens with zero attached hydrogens (tertiary/aromatic N) is 4. The van der Waals surface area contributed by atoms with Crippen molar-refractivity contribution in [3.05, 3.63) is 23.7 Å². The van der Waals surface area contributed by atoms with Crippen LogP contribution in [-0.2, 0) is 4.74 Å². The third-order valence-electron chi connectivity index (χ3n) is 5.71. The normalized spacial score (nSPS) is 21.1. The topological polar surface area (TPSA) is 101 Å². The van der Waals surface area contributed by atoms with E-state index in [9.17, 15) is 9.90 Å². The van der Waals surface area contributed by atoms with Crippen molar-refractivity contribution in [2.24, 2.45) is 0 Å². The third-order valence-corrected chi connectivity index (χ3v) is 6.51. The van der Waals surface area contributed by atoms with Gasteiger partial charge in [0.05, 0.1) is 23.8 Å². The summed E-state index contributed by atoms with van der Waals surface area (Å²) in [6.45, 7) is 8.71. The highest BCUT2D eigenvalue weighted by atomic mass is 32.1. The molecule has 6 rings (SSSR count). The van der Waals surface area contributed by atoms with E-state index in [0.29, 0.717) is 36.0 Å². The maximum absolute atomic E-state index is 12.6. The number of thiazole rings is 1. The number of piperazine rings is 1. The van der Waals surface area contributed by atoms with Crippen LogP contribution in [0, 0.1) is 0 Å². The van der Waals surface area contributed by atoms with Crippen molar-refractivity contribution < 1.29 is 23.8 Å². The molecule has 2 unspecified atom stereocenters. The van der Waals surface area contributed by atoms with Crippen molar-refractivity contribution >= 4 is 34.5 Å². The molecule has 2 aromatic heterocycles. The number of carbonyl (C=O) groups excluding carboxylic acids is 1. The smallest absolute Gasteiger partial charge is 0.410 e. The van der Waals surface area contributed by atoms with Crippen molar-refractivity contribution in [2.45, 2.75) is 57.9 Å². The number of hydrogen-bond acceptors (Lipinski definition) is 9. The van der Waals surface area contributed by atoms with Crippen molar-refractivity contribution in [1.82, 2.24) is 14.9 Å². The summed E-state index contributed by atoms with van der Waals surface area (Å²) in [5.74, 6) is 0.554. The first-order valence-electron chi connectivity index (χ1n) is 11.1. The van der Waals surface area contributed by atoms with Gasteiger partial charge in [0.2, 0.25) is 0 Å². The number of carbonyl (C=O) groups is 1. The molecule has 5 heterocycles. The fourth-order valence-electron chi connectivity index (χ4n) is 4.34. The number of piperidine rings is 1. The maximum atomic E-state index is 12.6. The number of fused-ring (bicyclic) bond motifs is 3. The number of aromatic nitrogens is 2. The summed E-state index contributed by atoms with van der Waals surface area (Å²) in [5, 5.41) is 12.4. The van der Waals surface area contributed by atoms with E-state index in [4.69, 9.17) is 18.9 Å². The minimum absolute atomic E-state index is 0.0676. The van der Waals surface area contributed by atoms with Gasteiger partial charge in [-0.25, -0.2) is 9.78 Å². The molecule has 3 aliphatic rings. The third kappa shape index (κ3) is 4.24. The second-order valence-corrected chi connectivity index (χ2v) is 10.5. The van der Waals surface area contributed by atoms with E-state index in [1.807, 2.05) is 43.2 Å². The predicted molar refractivity (Wildman–Crippen MR) is 125 cm³/mol. The van der Waals surface area contributed by atoms with Crippen LogP contribution in [0.2, 0.25) is 0 Å². The van der Waals surface area contributed by atoms with E-state index in [0.717, 1.165) is 17.0 Å². The number of aliphatic hydroxyl groups excluding tert-OH is 1. The van der Waals surface area contributed by atoms with E-state index < -0.39 is 11.7 Å². The molecule has 10 heteroatoms. The van der Waals surface area contributed by atoms with Crippen LogP contribution in [0.15, 0.2) is 28.1 Å². The molecule has 0 saturated carbocycles. The molecule has 2 bridgehead atoms. The highest BCUT2D eigenvalue weighted by molar-refractivity contribution is 7.13. The number of ether oxygens (including phenoxy) is 2. The Balaban J connectivity index is 1.42. The molecule has 3 aliphatic heterocycles. The predicted octanol–water partition coefficient (Wildman–Crippen LogP) is 3.91. The monoisotopic (exact) mass is 472 g/mol. The molecule has 3 saturated heterocycles. The largest absolute Gasteiger partial charge is 0.488 e. The molecule has 33 heavy (non-hydrogen) atoms. The SMILES string of the molecule is C[C@H](O)COc1ccc(-c2nccs2)c2oc(N3CC4CC(C3)N4C(=O)OC(C)(C)C)nc12. The Labute approximate surface area is 195 Å². The summed E-state index contributed by atoms with van der Waals surface area (Å²) >= 11 is 1.52. The lowest BCUT2D eigenvalue weighted by Gasteiger charge is -2.55. The Morgan fingerprint density at radius 3 is 2.73 bits per heavy atom. The molecule has 3 atom stereocenters. The van der Waals surface area contributed by atoms with E-state index >= 15 is 0 Å². The van der Waals surface area contributed by atoms with Crippen LogP contribution in [0.3, 0.4) is 0 Å². The molecule has 3 aromatic rings. The quantitative estimate of drug-likeness (QED) is 0.597. The Kier molecular flexibility index (Phi) is 5.44. The zero-order valence-corrected chi connectivity index (χ0v) is 20.0. The molecule has 9 nitrogen and oxygen atoms in total. The fraction of sp³-hybridized carbons (Fsp3) is 0.522. The van der Waals surface area contributed by atoms with Gasteiger partial charge in [-0.2, -0.15) is 4.98 Å². The molecule has 1 aromatic carbocycles. The molecule has 0 aliphatic carbocycles. The van der Waals surface area contributed by atoms with Gasteiger partial charge in [-0.3, -0.25) is 4.90 Å². The Hall–Kier alpha value is -2.85. The van der Waals surface area contributed by atoms with Crippen LogP contribution in [0.1, 0.15) is 34.1 Å². The second-order valence-electron chi connectivity index (χ2n) is 9.62. The van der Waals surface area contributed by atoms with Gasteiger partial charge in [0.15, 0.2) is 11.1 Å². The highest BCUT2D eigenvalue weighted by Crippen LogP contribution is 2.40. The van der Waals surface area contributed by atoms with E-state index in [2.05, 4.69) is 9.88 Å². The Bertz CT molecular complexity index is 1140. The van der Waals surface area contributed by atoms with E-state index in [1.165, 1.54) is 11.3 Å². The van der Waals surface area contributed by atoms with Crippen molar-refractivity contribution in [2.75, 3.05) is 24.6 Å². The fourth-order valence-corrected chi connectivity index (χ4v) is 5.00. The van der Waals surface area contributed by atoms with Crippen molar-refractivity contribution in [1.29, 1.82) is 0 Å². The van der Waals surface area contributed by atoms with Gasteiger partial charge >= 0.3 is 6.09 Å². The summed E-state index contributed by atoms with van der Waals surface area (Å²) in [5.41, 5.74) is 1.53. The summed E-state index contributed by atoms with van der Waals surface area (Å²) < 4.78 is 17.6. The second kappa shape index (κ2) is 8.18. The van der Waals surface area contributed by atoms with Crippen LogP contribution < -0.4 is 9.64 Å². The number of amides is 1. The van der Waals surface area contributed by atoms with Crippen LogP contribution >= 0.6 is 11.3 Å². The first-order valence-corrected chi connectivity index (χ1v) is 12.0. The van der Waals surface area contributed by atoms with Gasteiger partial charge in [-0.1, -0.05) is 0 Å². The summed E-state index contributed by atoms with van der Waals surface area (Å²) in [6.07, 6.45) is 1.84. The maximum Gasteiger partial charge on any atom is 0.410 e. The number of rotatable bonds is 5. The van der Waals surface area contributed by atoms with Crippen LogP contribution in [0.25, 0.3) is 21.7 Å². The van der Waals surface area contributed by atoms with Crippen LogP contribution in [-0.4, -0.2) is 69.6 Å². The average molecular weight is 473 g/mol. The van der Waals surface area contributed by atoms with Gasteiger partial charge in [-0.05, 0) is 46.2 Å². The summed E-state index contributed by atoms with van der Waals surface area (Å²) in [6, 6.07) is 4.38. The van der Waals surface area contributed by atoms with E-state index in [-0.39, 0.29) is 24.8 Å². The molecule has 3 fully saturated rings. The Morgan fingerprint density at radius 1 is 1.33 bits per heavy atom. The lowest BCUT2D eigenvalue weighted by Crippen LogP contribution is -2.70. The first-order chi connectivity index (χ1) is 15.7. The minimum Gasteiger partial charge on any atom is -0.488 e. The lowest BCUT2D eigenvalue weighted by molar-refractivity contribution is -0.0386. The van der Waals surface area contributed by atoms with Gasteiger partial charge in [-0.15, -0.1) is 11.3 Å². The molecule has 1 N–H and O–H groups in total. The Morgan fingerprint density at radius 2 is 2.09 bits per heavy atom. The van der Waals surface area contributed by atoms with Crippen molar-refractivity contribution in [3.63, 3.8) is 0 Å². The number of aliphatic hydroxyl groups is 1. The zero-order valence-electron chi connectivity index (χ0n) is 19.1. The van der Waals surface area contributed by atoms with E-state index in [1.54, 1.807) is 13.1 Å². The molecular weight excluding hydrogens is 444 g/mol. The molecule has 176 valence electrons. The summed E-state index contributed by atoms with van der Waals surface area (Å²) in [4.78, 5) is 25.7. The lowest BCUT2D eigenvalue weighted by atomic mass is 9.88.